The fourth-order valence-electron chi connectivity index (χ4n) is 1.34. The second kappa shape index (κ2) is 15.9. The van der Waals surface area contributed by atoms with Crippen LogP contribution in [-0.2, 0) is 23.6 Å². The molecule has 0 saturated heterocycles. The van der Waals surface area contributed by atoms with Gasteiger partial charge < -0.3 is 24.2 Å². The van der Waals surface area contributed by atoms with Crippen LogP contribution in [0.4, 0.5) is 0 Å². The minimum atomic E-state index is -4.64. The lowest BCUT2D eigenvalue weighted by Crippen LogP contribution is -2.07. The van der Waals surface area contributed by atoms with Gasteiger partial charge in [0.05, 0.1) is 13.2 Å². The number of rotatable bonds is 11. The normalized spacial score (nSPS) is 10.5. The molecule has 23 heavy (non-hydrogen) atoms. The van der Waals surface area contributed by atoms with Gasteiger partial charge in [-0.05, 0) is 25.7 Å². The number of phosphoric acid groups is 1. The zero-order chi connectivity index (χ0) is 18.1. The van der Waals surface area contributed by atoms with Crippen molar-refractivity contribution in [2.24, 2.45) is 0 Å². The smallest absolute Gasteiger partial charge is 0.466 e. The number of ether oxygens (including phenoxy) is 2. The molecule has 0 atom stereocenters. The van der Waals surface area contributed by atoms with Crippen LogP contribution in [0.25, 0.3) is 0 Å². The summed E-state index contributed by atoms with van der Waals surface area (Å²) in [5, 5.41) is 0. The summed E-state index contributed by atoms with van der Waals surface area (Å²) in [6.45, 7) is 5.12. The van der Waals surface area contributed by atoms with E-state index in [1.807, 2.05) is 0 Å². The average Bonchev–Trinajstić information content (AvgIpc) is 2.42. The van der Waals surface area contributed by atoms with E-state index in [4.69, 9.17) is 28.7 Å². The molecule has 0 aromatic carbocycles. The summed E-state index contributed by atoms with van der Waals surface area (Å²) in [6.07, 6.45) is 6.04. The number of hydrogen-bond acceptors (Lipinski definition) is 5. The van der Waals surface area contributed by atoms with Crippen LogP contribution in [0.1, 0.15) is 65.2 Å². The van der Waals surface area contributed by atoms with Gasteiger partial charge in [-0.25, -0.2) is 4.57 Å². The average molecular weight is 356 g/mol. The minimum Gasteiger partial charge on any atom is -0.466 e. The first kappa shape index (κ1) is 24.3. The summed E-state index contributed by atoms with van der Waals surface area (Å²) in [6, 6.07) is 0. The fourth-order valence-corrected chi connectivity index (χ4v) is 1.34. The van der Waals surface area contributed by atoms with E-state index >= 15 is 0 Å². The Morgan fingerprint density at radius 3 is 1.35 bits per heavy atom. The summed E-state index contributed by atoms with van der Waals surface area (Å²) in [4.78, 5) is 44.0. The minimum absolute atomic E-state index is 0.164. The predicted molar refractivity (Wildman–Crippen MR) is 84.5 cm³/mol. The Kier molecular flexibility index (Phi) is 16.8. The maximum Gasteiger partial charge on any atom is 0.466 e. The van der Waals surface area contributed by atoms with Gasteiger partial charge in [0.25, 0.3) is 0 Å². The van der Waals surface area contributed by atoms with Crippen LogP contribution in [0.2, 0.25) is 0 Å². The maximum absolute atomic E-state index is 11.2. The first-order chi connectivity index (χ1) is 10.7. The van der Waals surface area contributed by atoms with E-state index in [1.165, 1.54) is 0 Å². The first-order valence-electron chi connectivity index (χ1n) is 7.80. The van der Waals surface area contributed by atoms with E-state index in [9.17, 15) is 9.59 Å². The maximum atomic E-state index is 11.2. The van der Waals surface area contributed by atoms with Crippen LogP contribution < -0.4 is 0 Å². The molecular formula is C14H29O8P. The van der Waals surface area contributed by atoms with Crippen LogP contribution in [0, 0.1) is 0 Å². The Bertz CT molecular complexity index is 320. The van der Waals surface area contributed by atoms with Crippen molar-refractivity contribution in [3.8, 4) is 0 Å². The molecule has 0 unspecified atom stereocenters. The zero-order valence-electron chi connectivity index (χ0n) is 13.9. The van der Waals surface area contributed by atoms with Crippen LogP contribution >= 0.6 is 7.82 Å². The molecule has 0 aromatic heterocycles. The molecule has 8 nitrogen and oxygen atoms in total. The van der Waals surface area contributed by atoms with Gasteiger partial charge in [0, 0.05) is 12.8 Å². The van der Waals surface area contributed by atoms with Crippen molar-refractivity contribution < 1.29 is 38.3 Å². The van der Waals surface area contributed by atoms with E-state index in [2.05, 4.69) is 13.8 Å². The summed E-state index contributed by atoms with van der Waals surface area (Å²) < 4.78 is 18.9. The van der Waals surface area contributed by atoms with Gasteiger partial charge in [0.2, 0.25) is 0 Å². The van der Waals surface area contributed by atoms with Crippen LogP contribution in [0.5, 0.6) is 0 Å². The van der Waals surface area contributed by atoms with Crippen molar-refractivity contribution in [2.45, 2.75) is 65.2 Å². The van der Waals surface area contributed by atoms with Crippen LogP contribution in [0.3, 0.4) is 0 Å². The third-order valence-corrected chi connectivity index (χ3v) is 2.53. The molecule has 0 aliphatic heterocycles. The third-order valence-electron chi connectivity index (χ3n) is 2.53. The number of hydrogen-bond donors (Lipinski definition) is 3. The van der Waals surface area contributed by atoms with E-state index in [0.29, 0.717) is 38.9 Å². The zero-order valence-corrected chi connectivity index (χ0v) is 14.8. The van der Waals surface area contributed by atoms with Crippen molar-refractivity contribution >= 4 is 19.8 Å². The standard InChI is InChI=1S/C14H26O4.H3O4P/c1-3-5-11-17-13(15)9-7-8-10-14(16)18-12-6-4-2;1-5(2,3)4/h3-12H2,1-2H3;(H3,1,2,3,4). The molecule has 0 spiro atoms. The van der Waals surface area contributed by atoms with Crippen molar-refractivity contribution in [3.63, 3.8) is 0 Å². The molecule has 138 valence electrons. The molecule has 0 radical (unpaired) electrons. The van der Waals surface area contributed by atoms with Gasteiger partial charge in [-0.3, -0.25) is 9.59 Å². The second-order valence-corrected chi connectivity index (χ2v) is 5.89. The van der Waals surface area contributed by atoms with E-state index in [-0.39, 0.29) is 11.9 Å². The van der Waals surface area contributed by atoms with Gasteiger partial charge in [-0.15, -0.1) is 0 Å². The van der Waals surface area contributed by atoms with Crippen LogP contribution in [0.15, 0.2) is 0 Å². The largest absolute Gasteiger partial charge is 0.466 e. The Labute approximate surface area is 137 Å². The third kappa shape index (κ3) is 29.7. The quantitative estimate of drug-likeness (QED) is 0.292. The number of esters is 2. The molecule has 0 aromatic rings. The van der Waals surface area contributed by atoms with Crippen LogP contribution in [-0.4, -0.2) is 39.8 Å². The summed E-state index contributed by atoms with van der Waals surface area (Å²) >= 11 is 0. The highest BCUT2D eigenvalue weighted by Gasteiger charge is 2.05. The lowest BCUT2D eigenvalue weighted by atomic mass is 10.2. The Morgan fingerprint density at radius 2 is 1.09 bits per heavy atom. The van der Waals surface area contributed by atoms with Gasteiger partial charge in [0.15, 0.2) is 0 Å². The molecular weight excluding hydrogens is 327 g/mol. The molecule has 9 heteroatoms. The number of carbonyl (C=O) groups excluding carboxylic acids is 2. The first-order valence-corrected chi connectivity index (χ1v) is 9.36. The Balaban J connectivity index is 0. The molecule has 0 bridgehead atoms. The summed E-state index contributed by atoms with van der Waals surface area (Å²) in [7, 11) is -4.64. The van der Waals surface area contributed by atoms with Crippen molar-refractivity contribution in [1.29, 1.82) is 0 Å². The lowest BCUT2D eigenvalue weighted by Gasteiger charge is -2.04. The Hall–Kier alpha value is -0.950. The fraction of sp³-hybridized carbons (Fsp3) is 0.857. The van der Waals surface area contributed by atoms with Crippen molar-refractivity contribution in [3.05, 3.63) is 0 Å². The SMILES string of the molecule is CCCCOC(=O)CCCCC(=O)OCCCC.O=P(O)(O)O. The van der Waals surface area contributed by atoms with Crippen molar-refractivity contribution in [1.82, 2.24) is 0 Å². The number of unbranched alkanes of at least 4 members (excludes halogenated alkanes) is 3. The van der Waals surface area contributed by atoms with E-state index in [1.54, 1.807) is 0 Å². The van der Waals surface area contributed by atoms with Gasteiger partial charge in [0.1, 0.15) is 0 Å². The van der Waals surface area contributed by atoms with Crippen molar-refractivity contribution in [2.75, 3.05) is 13.2 Å². The second-order valence-electron chi connectivity index (χ2n) is 4.87. The molecule has 0 saturated carbocycles. The lowest BCUT2D eigenvalue weighted by molar-refractivity contribution is -0.146. The highest BCUT2D eigenvalue weighted by molar-refractivity contribution is 7.45. The van der Waals surface area contributed by atoms with Gasteiger partial charge in [-0.1, -0.05) is 26.7 Å². The molecule has 0 amide bonds. The monoisotopic (exact) mass is 356 g/mol. The highest BCUT2D eigenvalue weighted by atomic mass is 31.2. The molecule has 0 aliphatic rings. The Morgan fingerprint density at radius 1 is 0.783 bits per heavy atom. The van der Waals surface area contributed by atoms with Gasteiger partial charge in [-0.2, -0.15) is 0 Å². The molecule has 0 rings (SSSR count). The highest BCUT2D eigenvalue weighted by Crippen LogP contribution is 2.25. The molecule has 0 heterocycles. The summed E-state index contributed by atoms with van der Waals surface area (Å²) in [5.74, 6) is -0.328. The number of carbonyl (C=O) groups is 2. The predicted octanol–water partition coefficient (Wildman–Crippen LogP) is 2.30. The van der Waals surface area contributed by atoms with Gasteiger partial charge >= 0.3 is 19.8 Å². The molecule has 0 aliphatic carbocycles. The van der Waals surface area contributed by atoms with E-state index in [0.717, 1.165) is 25.7 Å². The summed E-state index contributed by atoms with van der Waals surface area (Å²) in [5.41, 5.74) is 0. The van der Waals surface area contributed by atoms with E-state index < -0.39 is 7.82 Å². The molecule has 3 N–H and O–H groups in total. The molecule has 0 fully saturated rings. The topological polar surface area (TPSA) is 130 Å².